The normalized spacial score (nSPS) is 14.8. The van der Waals surface area contributed by atoms with Crippen LogP contribution >= 0.6 is 0 Å². The van der Waals surface area contributed by atoms with Crippen LogP contribution in [0.4, 0.5) is 17.3 Å². The van der Waals surface area contributed by atoms with Crippen LogP contribution in [0.5, 0.6) is 0 Å². The number of piperazine rings is 1. The fraction of sp³-hybridized carbons (Fsp3) is 0.286. The number of anilines is 3. The van der Waals surface area contributed by atoms with Crippen molar-refractivity contribution >= 4 is 29.0 Å². The Balaban J connectivity index is 1.87. The Morgan fingerprint density at radius 3 is 2.62 bits per heavy atom. The zero-order valence-electron chi connectivity index (χ0n) is 11.5. The average Bonchev–Trinajstić information content (AvgIpc) is 2.56. The number of hydrogen-bond acceptors (Lipinski definition) is 6. The molecule has 3 rings (SSSR count). The number of para-hydroxylation sites is 1. The molecule has 0 saturated carbocycles. The summed E-state index contributed by atoms with van der Waals surface area (Å²) in [4.78, 5) is 10.7. The lowest BCUT2D eigenvalue weighted by atomic mass is 10.3. The van der Waals surface area contributed by atoms with Crippen molar-refractivity contribution in [3.63, 3.8) is 0 Å². The van der Waals surface area contributed by atoms with Crippen LogP contribution in [0, 0.1) is 0 Å². The Kier molecular flexibility index (Phi) is 4.32. The molecule has 0 aliphatic carbocycles. The van der Waals surface area contributed by atoms with Gasteiger partial charge in [-0.3, -0.25) is 0 Å². The molecule has 108 valence electrons. The highest BCUT2D eigenvalue weighted by atomic mass is 32.1. The van der Waals surface area contributed by atoms with Crippen LogP contribution in [0.25, 0.3) is 0 Å². The Hall–Kier alpha value is -2.12. The first kappa shape index (κ1) is 13.8. The van der Waals surface area contributed by atoms with E-state index >= 15 is 0 Å². The SMILES string of the molecule is O=[S+]c1nc(Nc2ccccc2)cc(N2CCNCC2)n1. The molecule has 0 amide bonds. The van der Waals surface area contributed by atoms with E-state index in [2.05, 4.69) is 25.5 Å². The number of aromatic nitrogens is 2. The lowest BCUT2D eigenvalue weighted by Crippen LogP contribution is -2.44. The van der Waals surface area contributed by atoms with Gasteiger partial charge in [-0.2, -0.15) is 9.97 Å². The largest absolute Gasteiger partial charge is 0.550 e. The molecule has 7 heteroatoms. The lowest BCUT2D eigenvalue weighted by molar-refractivity contribution is 0.581. The number of nitrogens with one attached hydrogen (secondary N) is 2. The van der Waals surface area contributed by atoms with Crippen LogP contribution in [-0.2, 0) is 15.9 Å². The second-order valence-electron chi connectivity index (χ2n) is 4.71. The first-order valence-electron chi connectivity index (χ1n) is 6.82. The monoisotopic (exact) mass is 302 g/mol. The van der Waals surface area contributed by atoms with Gasteiger partial charge in [-0.25, -0.2) is 0 Å². The molecular weight excluding hydrogens is 286 g/mol. The van der Waals surface area contributed by atoms with Gasteiger partial charge < -0.3 is 15.5 Å². The van der Waals surface area contributed by atoms with Crippen molar-refractivity contribution in [3.05, 3.63) is 36.4 Å². The maximum absolute atomic E-state index is 11.1. The predicted octanol–water partition coefficient (Wildman–Crippen LogP) is 1.42. The number of benzene rings is 1. The Morgan fingerprint density at radius 1 is 1.14 bits per heavy atom. The van der Waals surface area contributed by atoms with Gasteiger partial charge in [0.05, 0.1) is 0 Å². The van der Waals surface area contributed by atoms with Crippen LogP contribution in [0.3, 0.4) is 0 Å². The summed E-state index contributed by atoms with van der Waals surface area (Å²) in [6.45, 7) is 3.60. The van der Waals surface area contributed by atoms with Crippen LogP contribution in [0.1, 0.15) is 0 Å². The van der Waals surface area contributed by atoms with Crippen molar-refractivity contribution in [1.29, 1.82) is 0 Å². The highest BCUT2D eigenvalue weighted by Crippen LogP contribution is 2.20. The molecular formula is C14H16N5OS+. The highest BCUT2D eigenvalue weighted by Gasteiger charge is 2.19. The van der Waals surface area contributed by atoms with Crippen LogP contribution < -0.4 is 15.5 Å². The molecule has 2 N–H and O–H groups in total. The molecule has 0 spiro atoms. The van der Waals surface area contributed by atoms with E-state index in [0.717, 1.165) is 37.7 Å². The second-order valence-corrected chi connectivity index (χ2v) is 5.24. The zero-order chi connectivity index (χ0) is 14.5. The maximum atomic E-state index is 11.1. The molecule has 1 fully saturated rings. The molecule has 0 unspecified atom stereocenters. The maximum Gasteiger partial charge on any atom is 0.550 e. The van der Waals surface area contributed by atoms with Crippen molar-refractivity contribution in [2.45, 2.75) is 5.16 Å². The molecule has 2 aromatic rings. The van der Waals surface area contributed by atoms with Gasteiger partial charge in [0, 0.05) is 42.1 Å². The third-order valence-corrected chi connectivity index (χ3v) is 3.59. The molecule has 2 heterocycles. The Morgan fingerprint density at radius 2 is 1.90 bits per heavy atom. The minimum atomic E-state index is 0.240. The fourth-order valence-corrected chi connectivity index (χ4v) is 2.51. The molecule has 1 aliphatic rings. The van der Waals surface area contributed by atoms with E-state index in [1.165, 1.54) is 0 Å². The van der Waals surface area contributed by atoms with Gasteiger partial charge in [-0.1, -0.05) is 18.2 Å². The molecule has 1 aliphatic heterocycles. The van der Waals surface area contributed by atoms with Crippen molar-refractivity contribution in [2.75, 3.05) is 36.4 Å². The van der Waals surface area contributed by atoms with Gasteiger partial charge >= 0.3 is 16.8 Å². The molecule has 6 nitrogen and oxygen atoms in total. The average molecular weight is 302 g/mol. The summed E-state index contributed by atoms with van der Waals surface area (Å²) in [5.74, 6) is 1.44. The topological polar surface area (TPSA) is 70.2 Å². The first-order chi connectivity index (χ1) is 10.3. The molecule has 0 bridgehead atoms. The summed E-state index contributed by atoms with van der Waals surface area (Å²) >= 11 is 0.317. The minimum Gasteiger partial charge on any atom is -0.354 e. The number of nitrogens with zero attached hydrogens (tertiary/aromatic N) is 3. The zero-order valence-corrected chi connectivity index (χ0v) is 12.3. The van der Waals surface area contributed by atoms with Crippen LogP contribution in [0.15, 0.2) is 41.6 Å². The smallest absolute Gasteiger partial charge is 0.354 e. The van der Waals surface area contributed by atoms with E-state index in [9.17, 15) is 4.21 Å². The molecule has 0 atom stereocenters. The summed E-state index contributed by atoms with van der Waals surface area (Å²) in [5.41, 5.74) is 0.935. The standard InChI is InChI=1S/C14H16N5OS/c20-21-14-17-12(16-11-4-2-1-3-5-11)10-13(18-14)19-8-6-15-7-9-19/h1-5,10,15H,6-9H2,(H,16,17,18)/q+1. The van der Waals surface area contributed by atoms with Crippen molar-refractivity contribution in [3.8, 4) is 0 Å². The molecule has 21 heavy (non-hydrogen) atoms. The van der Waals surface area contributed by atoms with Crippen LogP contribution in [0.2, 0.25) is 0 Å². The van der Waals surface area contributed by atoms with E-state index in [1.54, 1.807) is 0 Å². The molecule has 1 aromatic heterocycles. The Bertz CT molecular complexity index is 616. The third kappa shape index (κ3) is 3.50. The lowest BCUT2D eigenvalue weighted by Gasteiger charge is -2.28. The van der Waals surface area contributed by atoms with E-state index in [1.807, 2.05) is 36.4 Å². The van der Waals surface area contributed by atoms with Crippen molar-refractivity contribution in [1.82, 2.24) is 15.3 Å². The summed E-state index contributed by atoms with van der Waals surface area (Å²) in [6, 6.07) is 11.6. The van der Waals surface area contributed by atoms with E-state index in [-0.39, 0.29) is 5.16 Å². The summed E-state index contributed by atoms with van der Waals surface area (Å²) < 4.78 is 11.1. The van der Waals surface area contributed by atoms with Gasteiger partial charge in [-0.05, 0) is 12.1 Å². The highest BCUT2D eigenvalue weighted by molar-refractivity contribution is 7.65. The third-order valence-electron chi connectivity index (χ3n) is 3.25. The van der Waals surface area contributed by atoms with Gasteiger partial charge in [0.1, 0.15) is 11.6 Å². The second kappa shape index (κ2) is 6.55. The number of rotatable bonds is 4. The Labute approximate surface area is 127 Å². The quantitative estimate of drug-likeness (QED) is 0.657. The molecule has 1 saturated heterocycles. The van der Waals surface area contributed by atoms with E-state index < -0.39 is 0 Å². The molecule has 0 radical (unpaired) electrons. The van der Waals surface area contributed by atoms with E-state index in [0.29, 0.717) is 17.5 Å². The molecule has 1 aromatic carbocycles. The summed E-state index contributed by atoms with van der Waals surface area (Å²) in [6.07, 6.45) is 0. The van der Waals surface area contributed by atoms with Crippen LogP contribution in [-0.4, -0.2) is 36.1 Å². The number of hydrogen-bond donors (Lipinski definition) is 2. The van der Waals surface area contributed by atoms with Crippen molar-refractivity contribution in [2.24, 2.45) is 0 Å². The predicted molar refractivity (Wildman–Crippen MR) is 83.2 cm³/mol. The summed E-state index contributed by atoms with van der Waals surface area (Å²) in [5, 5.41) is 6.75. The van der Waals surface area contributed by atoms with E-state index in [4.69, 9.17) is 0 Å². The van der Waals surface area contributed by atoms with Gasteiger partial charge in [-0.15, -0.1) is 0 Å². The van der Waals surface area contributed by atoms with Gasteiger partial charge in [0.2, 0.25) is 0 Å². The van der Waals surface area contributed by atoms with Crippen molar-refractivity contribution < 1.29 is 4.21 Å². The minimum absolute atomic E-state index is 0.240. The fourth-order valence-electron chi connectivity index (χ4n) is 2.24. The van der Waals surface area contributed by atoms with Gasteiger partial charge in [0.15, 0.2) is 0 Å². The first-order valence-corrected chi connectivity index (χ1v) is 7.56. The summed E-state index contributed by atoms with van der Waals surface area (Å²) in [7, 11) is 0. The van der Waals surface area contributed by atoms with Gasteiger partial charge in [0.25, 0.3) is 0 Å².